The van der Waals surface area contributed by atoms with E-state index >= 15 is 0 Å². The van der Waals surface area contributed by atoms with Gasteiger partial charge in [0, 0.05) is 18.3 Å². The van der Waals surface area contributed by atoms with Crippen LogP contribution in [0.15, 0.2) is 34.2 Å². The van der Waals surface area contributed by atoms with Gasteiger partial charge in [-0.15, -0.1) is 0 Å². The largest absolute Gasteiger partial charge is 0.490 e. The Labute approximate surface area is 175 Å². The highest BCUT2D eigenvalue weighted by molar-refractivity contribution is 7.99. The van der Waals surface area contributed by atoms with Crippen molar-refractivity contribution < 1.29 is 14.3 Å². The zero-order valence-electron chi connectivity index (χ0n) is 17.2. The standard InChI is InChI=1S/C21H29N3O4S/c1-4-7-16-13-19(25)24-21(23-16)29-14-20(26)22-11-10-15-8-9-17(27-5-2)18(12-15)28-6-3/h8-9,12-13H,4-7,10-11,14H2,1-3H3,(H,22,26)(H,23,24,25). The molecular formula is C21H29N3O4S. The predicted octanol–water partition coefficient (Wildman–Crippen LogP) is 2.97. The summed E-state index contributed by atoms with van der Waals surface area (Å²) in [6.45, 7) is 7.55. The number of benzene rings is 1. The number of nitrogens with one attached hydrogen (secondary N) is 2. The number of carbonyl (C=O) groups is 1. The van der Waals surface area contributed by atoms with E-state index in [1.165, 1.54) is 17.8 Å². The number of thioether (sulfide) groups is 1. The van der Waals surface area contributed by atoms with Gasteiger partial charge in [0.2, 0.25) is 5.91 Å². The number of ether oxygens (including phenoxy) is 2. The lowest BCUT2D eigenvalue weighted by molar-refractivity contribution is -0.118. The van der Waals surface area contributed by atoms with Crippen molar-refractivity contribution in [3.63, 3.8) is 0 Å². The Morgan fingerprint density at radius 1 is 1.10 bits per heavy atom. The van der Waals surface area contributed by atoms with Crippen molar-refractivity contribution in [2.45, 2.75) is 45.2 Å². The number of aromatic amines is 1. The van der Waals surface area contributed by atoms with E-state index in [0.29, 0.717) is 31.3 Å². The summed E-state index contributed by atoms with van der Waals surface area (Å²) in [7, 11) is 0. The summed E-state index contributed by atoms with van der Waals surface area (Å²) in [4.78, 5) is 30.8. The van der Waals surface area contributed by atoms with E-state index in [9.17, 15) is 9.59 Å². The van der Waals surface area contributed by atoms with Gasteiger partial charge < -0.3 is 19.8 Å². The third kappa shape index (κ3) is 7.81. The molecule has 2 N–H and O–H groups in total. The first-order valence-electron chi connectivity index (χ1n) is 9.93. The lowest BCUT2D eigenvalue weighted by Gasteiger charge is -2.12. The summed E-state index contributed by atoms with van der Waals surface area (Å²) in [5, 5.41) is 3.37. The second kappa shape index (κ2) is 12.2. The molecule has 1 aromatic carbocycles. The van der Waals surface area contributed by atoms with Gasteiger partial charge in [0.25, 0.3) is 5.56 Å². The molecule has 1 heterocycles. The number of aromatic nitrogens is 2. The quantitative estimate of drug-likeness (QED) is 0.406. The molecule has 1 aromatic heterocycles. The van der Waals surface area contributed by atoms with Gasteiger partial charge in [-0.3, -0.25) is 9.59 Å². The Morgan fingerprint density at radius 3 is 2.59 bits per heavy atom. The van der Waals surface area contributed by atoms with Crippen molar-refractivity contribution in [1.29, 1.82) is 0 Å². The maximum absolute atomic E-state index is 12.1. The first-order valence-corrected chi connectivity index (χ1v) is 10.9. The Morgan fingerprint density at radius 2 is 1.86 bits per heavy atom. The van der Waals surface area contributed by atoms with Crippen molar-refractivity contribution >= 4 is 17.7 Å². The van der Waals surface area contributed by atoms with Crippen LogP contribution in [0.3, 0.4) is 0 Å². The van der Waals surface area contributed by atoms with Gasteiger partial charge in [-0.2, -0.15) is 0 Å². The predicted molar refractivity (Wildman–Crippen MR) is 115 cm³/mol. The second-order valence-corrected chi connectivity index (χ2v) is 7.29. The number of rotatable bonds is 12. The van der Waals surface area contributed by atoms with Gasteiger partial charge in [-0.25, -0.2) is 4.98 Å². The van der Waals surface area contributed by atoms with E-state index < -0.39 is 0 Å². The molecule has 0 spiro atoms. The summed E-state index contributed by atoms with van der Waals surface area (Å²) in [5.74, 6) is 1.54. The van der Waals surface area contributed by atoms with Crippen LogP contribution >= 0.6 is 11.8 Å². The van der Waals surface area contributed by atoms with Crippen LogP contribution in [0.1, 0.15) is 38.4 Å². The van der Waals surface area contributed by atoms with Gasteiger partial charge in [0.1, 0.15) is 0 Å². The van der Waals surface area contributed by atoms with Crippen LogP contribution in [-0.2, 0) is 17.6 Å². The van der Waals surface area contributed by atoms with Crippen LogP contribution in [0.5, 0.6) is 11.5 Å². The molecule has 0 fully saturated rings. The summed E-state index contributed by atoms with van der Waals surface area (Å²) in [6.07, 6.45) is 2.34. The SMILES string of the molecule is CCCc1cc(=O)[nH]c(SCC(=O)NCCc2ccc(OCC)c(OCC)c2)n1. The normalized spacial score (nSPS) is 10.6. The molecule has 7 nitrogen and oxygen atoms in total. The van der Waals surface area contributed by atoms with Crippen molar-refractivity contribution in [3.8, 4) is 11.5 Å². The molecule has 29 heavy (non-hydrogen) atoms. The highest BCUT2D eigenvalue weighted by Crippen LogP contribution is 2.28. The average molecular weight is 420 g/mol. The molecule has 1 amide bonds. The van der Waals surface area contributed by atoms with E-state index in [-0.39, 0.29) is 17.2 Å². The van der Waals surface area contributed by atoms with Gasteiger partial charge in [-0.1, -0.05) is 31.2 Å². The first-order chi connectivity index (χ1) is 14.0. The highest BCUT2D eigenvalue weighted by atomic mass is 32.2. The van der Waals surface area contributed by atoms with Crippen LogP contribution in [0.2, 0.25) is 0 Å². The fourth-order valence-electron chi connectivity index (χ4n) is 2.72. The molecule has 0 saturated heterocycles. The van der Waals surface area contributed by atoms with Crippen LogP contribution in [0, 0.1) is 0 Å². The Bertz CT molecular complexity index is 854. The number of nitrogens with zero attached hydrogens (tertiary/aromatic N) is 1. The maximum Gasteiger partial charge on any atom is 0.251 e. The monoisotopic (exact) mass is 419 g/mol. The molecule has 2 aromatic rings. The van der Waals surface area contributed by atoms with Gasteiger partial charge in [0.15, 0.2) is 16.7 Å². The zero-order chi connectivity index (χ0) is 21.1. The third-order valence-corrected chi connectivity index (χ3v) is 4.84. The minimum absolute atomic E-state index is 0.102. The van der Waals surface area contributed by atoms with E-state index in [2.05, 4.69) is 15.3 Å². The molecule has 8 heteroatoms. The van der Waals surface area contributed by atoms with E-state index in [1.54, 1.807) is 0 Å². The van der Waals surface area contributed by atoms with Crippen LogP contribution in [0.25, 0.3) is 0 Å². The number of carbonyl (C=O) groups excluding carboxylic acids is 1. The average Bonchev–Trinajstić information content (AvgIpc) is 2.68. The Balaban J connectivity index is 1.82. The van der Waals surface area contributed by atoms with Crippen LogP contribution < -0.4 is 20.3 Å². The van der Waals surface area contributed by atoms with Crippen molar-refractivity contribution in [2.75, 3.05) is 25.5 Å². The molecule has 0 aliphatic heterocycles. The molecule has 0 radical (unpaired) electrons. The number of aryl methyl sites for hydroxylation is 1. The number of amides is 1. The Kier molecular flexibility index (Phi) is 9.56. The molecule has 0 aliphatic rings. The number of hydrogen-bond donors (Lipinski definition) is 2. The first kappa shape index (κ1) is 22.8. The van der Waals surface area contributed by atoms with E-state index in [1.807, 2.05) is 39.0 Å². The zero-order valence-corrected chi connectivity index (χ0v) is 18.1. The Hall–Kier alpha value is -2.48. The number of hydrogen-bond acceptors (Lipinski definition) is 6. The van der Waals surface area contributed by atoms with Crippen molar-refractivity contribution in [2.24, 2.45) is 0 Å². The van der Waals surface area contributed by atoms with E-state index in [4.69, 9.17) is 9.47 Å². The molecule has 0 bridgehead atoms. The van der Waals surface area contributed by atoms with Crippen LogP contribution in [0.4, 0.5) is 0 Å². The fraction of sp³-hybridized carbons (Fsp3) is 0.476. The summed E-state index contributed by atoms with van der Waals surface area (Å²) >= 11 is 1.23. The molecule has 2 rings (SSSR count). The van der Waals surface area contributed by atoms with Crippen molar-refractivity contribution in [1.82, 2.24) is 15.3 Å². The highest BCUT2D eigenvalue weighted by Gasteiger charge is 2.08. The molecule has 0 unspecified atom stereocenters. The van der Waals surface area contributed by atoms with Gasteiger partial charge >= 0.3 is 0 Å². The minimum Gasteiger partial charge on any atom is -0.490 e. The lowest BCUT2D eigenvalue weighted by atomic mass is 10.1. The smallest absolute Gasteiger partial charge is 0.251 e. The lowest BCUT2D eigenvalue weighted by Crippen LogP contribution is -2.27. The second-order valence-electron chi connectivity index (χ2n) is 6.33. The molecule has 0 aliphatic carbocycles. The minimum atomic E-state index is -0.188. The third-order valence-electron chi connectivity index (χ3n) is 3.96. The molecular weight excluding hydrogens is 390 g/mol. The van der Waals surface area contributed by atoms with E-state index in [0.717, 1.165) is 35.6 Å². The van der Waals surface area contributed by atoms with Gasteiger partial charge in [-0.05, 0) is 44.4 Å². The van der Waals surface area contributed by atoms with Crippen LogP contribution in [-0.4, -0.2) is 41.4 Å². The topological polar surface area (TPSA) is 93.3 Å². The summed E-state index contributed by atoms with van der Waals surface area (Å²) < 4.78 is 11.2. The van der Waals surface area contributed by atoms with Crippen molar-refractivity contribution in [3.05, 3.63) is 45.9 Å². The maximum atomic E-state index is 12.1. The molecule has 158 valence electrons. The number of H-pyrrole nitrogens is 1. The molecule has 0 saturated carbocycles. The summed E-state index contributed by atoms with van der Waals surface area (Å²) in [6, 6.07) is 7.32. The summed E-state index contributed by atoms with van der Waals surface area (Å²) in [5.41, 5.74) is 1.62. The fourth-order valence-corrected chi connectivity index (χ4v) is 3.44. The molecule has 0 atom stereocenters. The van der Waals surface area contributed by atoms with Gasteiger partial charge in [0.05, 0.1) is 19.0 Å².